The fourth-order valence-electron chi connectivity index (χ4n) is 2.26. The molecule has 3 heteroatoms. The molecule has 0 amide bonds. The van der Waals surface area contributed by atoms with Gasteiger partial charge in [-0.15, -0.1) is 11.3 Å². The van der Waals surface area contributed by atoms with E-state index in [0.717, 1.165) is 21.6 Å². The molecular weight excluding hydrogens is 252 g/mol. The summed E-state index contributed by atoms with van der Waals surface area (Å²) in [6.45, 7) is 0. The highest BCUT2D eigenvalue weighted by Crippen LogP contribution is 2.32. The van der Waals surface area contributed by atoms with Crippen molar-refractivity contribution in [3.8, 4) is 10.7 Å². The Bertz CT molecular complexity index is 842. The Morgan fingerprint density at radius 3 is 2.63 bits per heavy atom. The molecule has 0 aliphatic carbocycles. The third kappa shape index (κ3) is 1.71. The summed E-state index contributed by atoms with van der Waals surface area (Å²) < 4.78 is 1.20. The van der Waals surface area contributed by atoms with Gasteiger partial charge in [0.1, 0.15) is 10.7 Å². The largest absolute Gasteiger partial charge is 0.253 e. The van der Waals surface area contributed by atoms with Crippen molar-refractivity contribution in [2.45, 2.75) is 0 Å². The number of pyridine rings is 1. The van der Waals surface area contributed by atoms with E-state index in [-0.39, 0.29) is 0 Å². The lowest BCUT2D eigenvalue weighted by molar-refractivity contribution is 1.33. The average Bonchev–Trinajstić information content (AvgIpc) is 2.90. The summed E-state index contributed by atoms with van der Waals surface area (Å²) in [5, 5.41) is 3.34. The molecule has 0 saturated carbocycles. The number of benzene rings is 2. The van der Waals surface area contributed by atoms with Crippen LogP contribution in [0.1, 0.15) is 0 Å². The molecule has 19 heavy (non-hydrogen) atoms. The summed E-state index contributed by atoms with van der Waals surface area (Å²) in [5.74, 6) is 0. The van der Waals surface area contributed by atoms with Gasteiger partial charge in [-0.25, -0.2) is 4.98 Å². The zero-order valence-electron chi connectivity index (χ0n) is 10.1. The van der Waals surface area contributed by atoms with Gasteiger partial charge >= 0.3 is 0 Å². The van der Waals surface area contributed by atoms with Crippen molar-refractivity contribution in [2.24, 2.45) is 0 Å². The molecule has 0 aliphatic rings. The number of para-hydroxylation sites is 1. The maximum absolute atomic E-state index is 4.69. The van der Waals surface area contributed by atoms with Gasteiger partial charge in [-0.2, -0.15) is 0 Å². The normalized spacial score (nSPS) is 11.2. The fourth-order valence-corrected chi connectivity index (χ4v) is 3.24. The van der Waals surface area contributed by atoms with Crippen molar-refractivity contribution in [2.75, 3.05) is 0 Å². The first-order valence-corrected chi connectivity index (χ1v) is 6.93. The van der Waals surface area contributed by atoms with Crippen molar-refractivity contribution >= 4 is 32.3 Å². The minimum absolute atomic E-state index is 0.972. The Balaban J connectivity index is 2.03. The smallest absolute Gasteiger partial charge is 0.143 e. The molecule has 0 radical (unpaired) electrons. The molecule has 90 valence electrons. The van der Waals surface area contributed by atoms with Crippen LogP contribution in [0.3, 0.4) is 0 Å². The first-order valence-electron chi connectivity index (χ1n) is 6.11. The Morgan fingerprint density at radius 2 is 1.68 bits per heavy atom. The summed E-state index contributed by atoms with van der Waals surface area (Å²) in [4.78, 5) is 9.21. The topological polar surface area (TPSA) is 25.8 Å². The summed E-state index contributed by atoms with van der Waals surface area (Å²) >= 11 is 1.69. The van der Waals surface area contributed by atoms with Gasteiger partial charge in [0, 0.05) is 11.6 Å². The second-order valence-electron chi connectivity index (χ2n) is 4.37. The quantitative estimate of drug-likeness (QED) is 0.504. The second-order valence-corrected chi connectivity index (χ2v) is 5.40. The van der Waals surface area contributed by atoms with Gasteiger partial charge in [-0.05, 0) is 23.6 Å². The highest BCUT2D eigenvalue weighted by Gasteiger charge is 2.10. The van der Waals surface area contributed by atoms with Crippen LogP contribution in [0.4, 0.5) is 0 Å². The summed E-state index contributed by atoms with van der Waals surface area (Å²) in [7, 11) is 0. The number of hydrogen-bond donors (Lipinski definition) is 0. The van der Waals surface area contributed by atoms with Gasteiger partial charge in [0.05, 0.1) is 10.2 Å². The Hall–Kier alpha value is -2.26. The third-order valence-electron chi connectivity index (χ3n) is 3.17. The van der Waals surface area contributed by atoms with Crippen LogP contribution < -0.4 is 0 Å². The maximum Gasteiger partial charge on any atom is 0.143 e. The molecule has 0 bridgehead atoms. The molecule has 4 aromatic rings. The zero-order chi connectivity index (χ0) is 12.7. The monoisotopic (exact) mass is 262 g/mol. The van der Waals surface area contributed by atoms with Crippen LogP contribution in [0.25, 0.3) is 31.7 Å². The van der Waals surface area contributed by atoms with Gasteiger partial charge in [-0.3, -0.25) is 4.98 Å². The number of aromatic nitrogens is 2. The van der Waals surface area contributed by atoms with E-state index in [1.54, 1.807) is 11.3 Å². The molecule has 4 rings (SSSR count). The van der Waals surface area contributed by atoms with Crippen LogP contribution in [0, 0.1) is 0 Å². The van der Waals surface area contributed by atoms with E-state index in [1.165, 1.54) is 10.1 Å². The molecule has 0 unspecified atom stereocenters. The Morgan fingerprint density at radius 1 is 0.842 bits per heavy atom. The van der Waals surface area contributed by atoms with Crippen molar-refractivity contribution in [1.29, 1.82) is 0 Å². The van der Waals surface area contributed by atoms with Crippen LogP contribution in [-0.4, -0.2) is 9.97 Å². The van der Waals surface area contributed by atoms with E-state index < -0.39 is 0 Å². The zero-order valence-corrected chi connectivity index (χ0v) is 10.9. The lowest BCUT2D eigenvalue weighted by Gasteiger charge is -2.01. The number of hydrogen-bond acceptors (Lipinski definition) is 3. The van der Waals surface area contributed by atoms with Crippen molar-refractivity contribution in [3.63, 3.8) is 0 Å². The summed E-state index contributed by atoms with van der Waals surface area (Å²) in [6.07, 6.45) is 1.85. The molecule has 0 fully saturated rings. The Kier molecular flexibility index (Phi) is 2.32. The van der Waals surface area contributed by atoms with Crippen molar-refractivity contribution < 1.29 is 0 Å². The molecule has 2 aromatic heterocycles. The van der Waals surface area contributed by atoms with Gasteiger partial charge in [0.15, 0.2) is 0 Å². The number of thiazole rings is 1. The lowest BCUT2D eigenvalue weighted by atomic mass is 10.1. The van der Waals surface area contributed by atoms with Crippen LogP contribution in [0.2, 0.25) is 0 Å². The van der Waals surface area contributed by atoms with Gasteiger partial charge < -0.3 is 0 Å². The maximum atomic E-state index is 4.69. The predicted octanol–water partition coefficient (Wildman–Crippen LogP) is 4.51. The van der Waals surface area contributed by atoms with E-state index in [2.05, 4.69) is 28.2 Å². The van der Waals surface area contributed by atoms with Gasteiger partial charge in [0.2, 0.25) is 0 Å². The van der Waals surface area contributed by atoms with Crippen LogP contribution >= 0.6 is 11.3 Å². The standard InChI is InChI=1S/C16H10N2S/c1-2-6-12-11(5-1)9-10-17-15(12)16-18-13-7-3-4-8-14(13)19-16/h1-10H. The van der Waals surface area contributed by atoms with Crippen molar-refractivity contribution in [3.05, 3.63) is 60.8 Å². The lowest BCUT2D eigenvalue weighted by Crippen LogP contribution is -1.84. The molecule has 2 heterocycles. The SMILES string of the molecule is c1ccc2c(-c3nc4ccccc4s3)nccc2c1. The van der Waals surface area contributed by atoms with E-state index in [0.29, 0.717) is 0 Å². The average molecular weight is 262 g/mol. The van der Waals surface area contributed by atoms with E-state index in [1.807, 2.05) is 42.6 Å². The number of fused-ring (bicyclic) bond motifs is 2. The molecule has 0 aliphatic heterocycles. The minimum atomic E-state index is 0.972. The van der Waals surface area contributed by atoms with Crippen molar-refractivity contribution in [1.82, 2.24) is 9.97 Å². The Labute approximate surface area is 114 Å². The molecule has 0 spiro atoms. The highest BCUT2D eigenvalue weighted by molar-refractivity contribution is 7.21. The van der Waals surface area contributed by atoms with Crippen LogP contribution in [0.5, 0.6) is 0 Å². The van der Waals surface area contributed by atoms with E-state index >= 15 is 0 Å². The molecular formula is C16H10N2S. The fraction of sp³-hybridized carbons (Fsp3) is 0. The predicted molar refractivity (Wildman–Crippen MR) is 80.4 cm³/mol. The van der Waals surface area contributed by atoms with Crippen LogP contribution in [0.15, 0.2) is 60.8 Å². The first kappa shape index (κ1) is 10.6. The third-order valence-corrected chi connectivity index (χ3v) is 4.21. The van der Waals surface area contributed by atoms with Crippen LogP contribution in [-0.2, 0) is 0 Å². The van der Waals surface area contributed by atoms with E-state index in [4.69, 9.17) is 0 Å². The molecule has 0 saturated heterocycles. The second kappa shape index (κ2) is 4.14. The molecule has 2 nitrogen and oxygen atoms in total. The first-order chi connectivity index (χ1) is 9.42. The van der Waals surface area contributed by atoms with Gasteiger partial charge in [-0.1, -0.05) is 36.4 Å². The number of nitrogens with zero attached hydrogens (tertiary/aromatic N) is 2. The number of rotatable bonds is 1. The molecule has 0 atom stereocenters. The highest BCUT2D eigenvalue weighted by atomic mass is 32.1. The summed E-state index contributed by atoms with van der Waals surface area (Å²) in [5.41, 5.74) is 2.01. The molecule has 0 N–H and O–H groups in total. The minimum Gasteiger partial charge on any atom is -0.253 e. The van der Waals surface area contributed by atoms with Gasteiger partial charge in [0.25, 0.3) is 0 Å². The van der Waals surface area contributed by atoms with E-state index in [9.17, 15) is 0 Å². The molecule has 2 aromatic carbocycles. The summed E-state index contributed by atoms with van der Waals surface area (Å²) in [6, 6.07) is 18.5.